The predicted molar refractivity (Wildman–Crippen MR) is 73.8 cm³/mol. The highest BCUT2D eigenvalue weighted by molar-refractivity contribution is 5.95. The van der Waals surface area contributed by atoms with Gasteiger partial charge >= 0.3 is 0 Å². The quantitative estimate of drug-likeness (QED) is 0.849. The minimum absolute atomic E-state index is 0.00484. The molecule has 1 atom stereocenters. The average molecular weight is 262 g/mol. The first-order valence-corrected chi connectivity index (χ1v) is 6.56. The van der Waals surface area contributed by atoms with Crippen molar-refractivity contribution in [1.82, 2.24) is 4.90 Å². The lowest BCUT2D eigenvalue weighted by molar-refractivity contribution is -0.126. The van der Waals surface area contributed by atoms with Gasteiger partial charge in [0.2, 0.25) is 5.91 Å². The van der Waals surface area contributed by atoms with E-state index >= 15 is 0 Å². The molecule has 0 spiro atoms. The van der Waals surface area contributed by atoms with E-state index in [9.17, 15) is 9.18 Å². The van der Waals surface area contributed by atoms with Crippen LogP contribution in [-0.2, 0) is 4.79 Å². The fourth-order valence-corrected chi connectivity index (χ4v) is 2.44. The Hall–Kier alpha value is -1.68. The predicted octanol–water partition coefficient (Wildman–Crippen LogP) is 2.18. The number of carbonyl (C=O) groups excluding carboxylic acids is 1. The normalized spacial score (nSPS) is 19.8. The second kappa shape index (κ2) is 5.97. The van der Waals surface area contributed by atoms with E-state index in [0.717, 1.165) is 30.5 Å². The molecule has 1 amide bonds. The van der Waals surface area contributed by atoms with Gasteiger partial charge in [-0.05, 0) is 43.0 Å². The molecule has 3 nitrogen and oxygen atoms in total. The van der Waals surface area contributed by atoms with Crippen LogP contribution in [0.3, 0.4) is 0 Å². The molecule has 0 radical (unpaired) electrons. The number of nitrogens with two attached hydrogens (primary N) is 1. The molecule has 1 aromatic carbocycles. The van der Waals surface area contributed by atoms with Crippen LogP contribution in [0.15, 0.2) is 30.3 Å². The SMILES string of the molecule is C/C(=C\C(=O)N1CCCC1CN)c1ccc(F)cc1. The Labute approximate surface area is 112 Å². The Morgan fingerprint density at radius 1 is 1.47 bits per heavy atom. The van der Waals surface area contributed by atoms with Crippen molar-refractivity contribution in [2.24, 2.45) is 5.73 Å². The van der Waals surface area contributed by atoms with E-state index < -0.39 is 0 Å². The molecule has 0 aromatic heterocycles. The zero-order valence-electron chi connectivity index (χ0n) is 11.1. The van der Waals surface area contributed by atoms with Crippen molar-refractivity contribution in [1.29, 1.82) is 0 Å². The van der Waals surface area contributed by atoms with E-state index in [1.165, 1.54) is 12.1 Å². The van der Waals surface area contributed by atoms with Gasteiger partial charge in [0.05, 0.1) is 0 Å². The lowest BCUT2D eigenvalue weighted by atomic mass is 10.1. The highest BCUT2D eigenvalue weighted by Gasteiger charge is 2.26. The molecule has 1 saturated heterocycles. The largest absolute Gasteiger partial charge is 0.335 e. The molecule has 1 fully saturated rings. The van der Waals surface area contributed by atoms with Crippen molar-refractivity contribution in [3.8, 4) is 0 Å². The number of hydrogen-bond donors (Lipinski definition) is 1. The van der Waals surface area contributed by atoms with Gasteiger partial charge in [-0.3, -0.25) is 4.79 Å². The summed E-state index contributed by atoms with van der Waals surface area (Å²) in [6, 6.07) is 6.31. The van der Waals surface area contributed by atoms with Gasteiger partial charge in [0.15, 0.2) is 0 Å². The molecule has 2 rings (SSSR count). The molecule has 2 N–H and O–H groups in total. The molecular formula is C15H19FN2O. The molecule has 4 heteroatoms. The number of likely N-dealkylation sites (tertiary alicyclic amines) is 1. The van der Waals surface area contributed by atoms with Gasteiger partial charge in [-0.2, -0.15) is 0 Å². The molecule has 19 heavy (non-hydrogen) atoms. The van der Waals surface area contributed by atoms with Crippen LogP contribution in [0.2, 0.25) is 0 Å². The molecule has 1 aliphatic heterocycles. The summed E-state index contributed by atoms with van der Waals surface area (Å²) < 4.78 is 12.8. The van der Waals surface area contributed by atoms with Gasteiger partial charge in [-0.25, -0.2) is 4.39 Å². The Morgan fingerprint density at radius 2 is 2.16 bits per heavy atom. The van der Waals surface area contributed by atoms with E-state index in [1.54, 1.807) is 18.2 Å². The summed E-state index contributed by atoms with van der Waals surface area (Å²) in [5.41, 5.74) is 7.36. The van der Waals surface area contributed by atoms with Crippen LogP contribution in [0.4, 0.5) is 4.39 Å². The lowest BCUT2D eigenvalue weighted by Crippen LogP contribution is -2.39. The minimum atomic E-state index is -0.273. The summed E-state index contributed by atoms with van der Waals surface area (Å²) in [5, 5.41) is 0. The Kier molecular flexibility index (Phi) is 4.32. The molecule has 0 bridgehead atoms. The number of amides is 1. The highest BCUT2D eigenvalue weighted by Crippen LogP contribution is 2.19. The average Bonchev–Trinajstić information content (AvgIpc) is 2.87. The van der Waals surface area contributed by atoms with E-state index in [0.29, 0.717) is 6.54 Å². The first-order valence-electron chi connectivity index (χ1n) is 6.56. The van der Waals surface area contributed by atoms with Crippen LogP contribution in [0, 0.1) is 5.82 Å². The van der Waals surface area contributed by atoms with Crippen LogP contribution in [0.1, 0.15) is 25.3 Å². The third kappa shape index (κ3) is 3.20. The number of nitrogens with zero attached hydrogens (tertiary/aromatic N) is 1. The molecule has 1 unspecified atom stereocenters. The van der Waals surface area contributed by atoms with Gasteiger partial charge in [0.1, 0.15) is 5.82 Å². The summed E-state index contributed by atoms with van der Waals surface area (Å²) in [6.45, 7) is 3.14. The van der Waals surface area contributed by atoms with Crippen LogP contribution in [0.25, 0.3) is 5.57 Å². The number of halogens is 1. The van der Waals surface area contributed by atoms with E-state index in [-0.39, 0.29) is 17.8 Å². The Balaban J connectivity index is 2.11. The summed E-state index contributed by atoms with van der Waals surface area (Å²) >= 11 is 0. The Morgan fingerprint density at radius 3 is 2.79 bits per heavy atom. The van der Waals surface area contributed by atoms with Crippen molar-refractivity contribution >= 4 is 11.5 Å². The number of hydrogen-bond acceptors (Lipinski definition) is 2. The van der Waals surface area contributed by atoms with Crippen LogP contribution < -0.4 is 5.73 Å². The highest BCUT2D eigenvalue weighted by atomic mass is 19.1. The third-order valence-corrected chi connectivity index (χ3v) is 3.57. The standard InChI is InChI=1S/C15H19FN2O/c1-11(12-4-6-13(16)7-5-12)9-15(19)18-8-2-3-14(18)10-17/h4-7,9,14H,2-3,8,10,17H2,1H3/b11-9+. The maximum absolute atomic E-state index is 12.8. The fourth-order valence-electron chi connectivity index (χ4n) is 2.44. The van der Waals surface area contributed by atoms with Gasteiger partial charge in [-0.1, -0.05) is 12.1 Å². The smallest absolute Gasteiger partial charge is 0.247 e. The molecular weight excluding hydrogens is 243 g/mol. The molecule has 102 valence electrons. The van der Waals surface area contributed by atoms with Gasteiger partial charge < -0.3 is 10.6 Å². The molecule has 1 aromatic rings. The lowest BCUT2D eigenvalue weighted by Gasteiger charge is -2.22. The summed E-state index contributed by atoms with van der Waals surface area (Å²) in [6.07, 6.45) is 3.60. The first kappa shape index (κ1) is 13.7. The monoisotopic (exact) mass is 262 g/mol. The van der Waals surface area contributed by atoms with E-state index in [4.69, 9.17) is 5.73 Å². The number of benzene rings is 1. The van der Waals surface area contributed by atoms with E-state index in [2.05, 4.69) is 0 Å². The van der Waals surface area contributed by atoms with Crippen molar-refractivity contribution < 1.29 is 9.18 Å². The van der Waals surface area contributed by atoms with Gasteiger partial charge in [0.25, 0.3) is 0 Å². The summed E-state index contributed by atoms with van der Waals surface area (Å²) in [7, 11) is 0. The molecule has 0 aliphatic carbocycles. The van der Waals surface area contributed by atoms with Crippen molar-refractivity contribution in [2.45, 2.75) is 25.8 Å². The topological polar surface area (TPSA) is 46.3 Å². The van der Waals surface area contributed by atoms with Crippen molar-refractivity contribution in [2.75, 3.05) is 13.1 Å². The number of carbonyl (C=O) groups is 1. The van der Waals surface area contributed by atoms with Crippen molar-refractivity contribution in [3.05, 3.63) is 41.7 Å². The maximum Gasteiger partial charge on any atom is 0.247 e. The first-order chi connectivity index (χ1) is 9.11. The van der Waals surface area contributed by atoms with Crippen LogP contribution in [0.5, 0.6) is 0 Å². The van der Waals surface area contributed by atoms with Crippen molar-refractivity contribution in [3.63, 3.8) is 0 Å². The summed E-state index contributed by atoms with van der Waals surface area (Å²) in [4.78, 5) is 14.0. The van der Waals surface area contributed by atoms with Gasteiger partial charge in [-0.15, -0.1) is 0 Å². The second-order valence-corrected chi connectivity index (χ2v) is 4.90. The molecule has 0 saturated carbocycles. The van der Waals surface area contributed by atoms with Crippen LogP contribution >= 0.6 is 0 Å². The molecule has 1 heterocycles. The second-order valence-electron chi connectivity index (χ2n) is 4.90. The number of rotatable bonds is 3. The zero-order valence-corrected chi connectivity index (χ0v) is 11.1. The maximum atomic E-state index is 12.8. The van der Waals surface area contributed by atoms with Crippen LogP contribution in [-0.4, -0.2) is 29.9 Å². The van der Waals surface area contributed by atoms with Gasteiger partial charge in [0, 0.05) is 25.2 Å². The number of allylic oxidation sites excluding steroid dienone is 1. The Bertz CT molecular complexity index is 481. The minimum Gasteiger partial charge on any atom is -0.335 e. The molecule has 1 aliphatic rings. The third-order valence-electron chi connectivity index (χ3n) is 3.57. The zero-order chi connectivity index (χ0) is 13.8. The summed E-state index contributed by atoms with van der Waals surface area (Å²) in [5.74, 6) is -0.277. The fraction of sp³-hybridized carbons (Fsp3) is 0.400. The van der Waals surface area contributed by atoms with E-state index in [1.807, 2.05) is 11.8 Å².